The highest BCUT2D eigenvalue weighted by Crippen LogP contribution is 2.35. The van der Waals surface area contributed by atoms with Crippen molar-refractivity contribution < 1.29 is 14.6 Å². The number of nitrogens with one attached hydrogen (secondary N) is 2. The van der Waals surface area contributed by atoms with Gasteiger partial charge < -0.3 is 20.5 Å². The first-order valence-electron chi connectivity index (χ1n) is 8.61. The van der Waals surface area contributed by atoms with Gasteiger partial charge in [-0.2, -0.15) is 0 Å². The second-order valence-corrected chi connectivity index (χ2v) is 6.43. The van der Waals surface area contributed by atoms with Crippen LogP contribution in [0.1, 0.15) is 24.0 Å². The molecule has 2 aromatic rings. The molecule has 0 radical (unpaired) electrons. The summed E-state index contributed by atoms with van der Waals surface area (Å²) >= 11 is 0. The standard InChI is InChI=1S/C20H24N2O3/c1-14(18-13-25-19-10-6-5-9-17(18)19)21-20(24)22-16(12-23)11-15-7-3-2-4-8-15/h2-10,14,16,18,23H,11-13H2,1H3,(H2,21,22,24)/t14-,16+,18+/m1/s1. The van der Waals surface area contributed by atoms with E-state index in [1.165, 1.54) is 0 Å². The van der Waals surface area contributed by atoms with E-state index in [2.05, 4.69) is 10.6 Å². The third-order valence-electron chi connectivity index (χ3n) is 4.58. The van der Waals surface area contributed by atoms with Gasteiger partial charge in [0.05, 0.1) is 19.3 Å². The van der Waals surface area contributed by atoms with E-state index >= 15 is 0 Å². The number of hydrogen-bond donors (Lipinski definition) is 3. The summed E-state index contributed by atoms with van der Waals surface area (Å²) < 4.78 is 5.68. The normalized spacial score (nSPS) is 17.9. The summed E-state index contributed by atoms with van der Waals surface area (Å²) in [6.45, 7) is 2.43. The van der Waals surface area contributed by atoms with Gasteiger partial charge >= 0.3 is 6.03 Å². The Hall–Kier alpha value is -2.53. The summed E-state index contributed by atoms with van der Waals surface area (Å²) in [4.78, 5) is 12.3. The van der Waals surface area contributed by atoms with E-state index in [0.29, 0.717) is 13.0 Å². The number of ether oxygens (including phenoxy) is 1. The lowest BCUT2D eigenvalue weighted by Gasteiger charge is -2.23. The molecule has 0 bridgehead atoms. The number of hydrogen-bond acceptors (Lipinski definition) is 3. The molecule has 0 aliphatic carbocycles. The van der Waals surface area contributed by atoms with Crippen molar-refractivity contribution in [3.05, 3.63) is 65.7 Å². The molecular weight excluding hydrogens is 316 g/mol. The summed E-state index contributed by atoms with van der Waals surface area (Å²) in [6.07, 6.45) is 0.592. The monoisotopic (exact) mass is 340 g/mol. The quantitative estimate of drug-likeness (QED) is 0.756. The maximum Gasteiger partial charge on any atom is 0.315 e. The Bertz CT molecular complexity index is 705. The van der Waals surface area contributed by atoms with Crippen LogP contribution < -0.4 is 15.4 Å². The Morgan fingerprint density at radius 2 is 1.88 bits per heavy atom. The molecule has 2 amide bonds. The molecule has 0 fully saturated rings. The molecular formula is C20H24N2O3. The maximum absolute atomic E-state index is 12.3. The van der Waals surface area contributed by atoms with E-state index in [1.54, 1.807) is 0 Å². The molecule has 5 nitrogen and oxygen atoms in total. The molecule has 132 valence electrons. The number of amides is 2. The van der Waals surface area contributed by atoms with Crippen LogP contribution in [-0.2, 0) is 6.42 Å². The summed E-state index contributed by atoms with van der Waals surface area (Å²) in [5.41, 5.74) is 2.20. The van der Waals surface area contributed by atoms with Crippen LogP contribution in [0, 0.1) is 0 Å². The van der Waals surface area contributed by atoms with E-state index in [9.17, 15) is 9.90 Å². The highest BCUT2D eigenvalue weighted by molar-refractivity contribution is 5.74. The Balaban J connectivity index is 1.55. The molecule has 0 aromatic heterocycles. The number of rotatable bonds is 6. The Morgan fingerprint density at radius 3 is 2.64 bits per heavy atom. The summed E-state index contributed by atoms with van der Waals surface area (Å²) in [7, 11) is 0. The minimum Gasteiger partial charge on any atom is -0.493 e. The van der Waals surface area contributed by atoms with Gasteiger partial charge in [0.2, 0.25) is 0 Å². The van der Waals surface area contributed by atoms with Gasteiger partial charge in [-0.3, -0.25) is 0 Å². The van der Waals surface area contributed by atoms with Crippen molar-refractivity contribution in [3.8, 4) is 5.75 Å². The van der Waals surface area contributed by atoms with Gasteiger partial charge in [0.25, 0.3) is 0 Å². The molecule has 3 rings (SSSR count). The molecule has 5 heteroatoms. The van der Waals surface area contributed by atoms with Crippen LogP contribution in [0.25, 0.3) is 0 Å². The van der Waals surface area contributed by atoms with E-state index in [0.717, 1.165) is 16.9 Å². The number of fused-ring (bicyclic) bond motifs is 1. The third kappa shape index (κ3) is 4.31. The first kappa shape index (κ1) is 17.3. The lowest BCUT2D eigenvalue weighted by molar-refractivity contribution is 0.211. The smallest absolute Gasteiger partial charge is 0.315 e. The van der Waals surface area contributed by atoms with Gasteiger partial charge in [-0.1, -0.05) is 48.5 Å². The van der Waals surface area contributed by atoms with Crippen LogP contribution in [0.5, 0.6) is 5.75 Å². The maximum atomic E-state index is 12.3. The minimum atomic E-state index is -0.318. The van der Waals surface area contributed by atoms with Crippen molar-refractivity contribution in [1.82, 2.24) is 10.6 Å². The largest absolute Gasteiger partial charge is 0.493 e. The van der Waals surface area contributed by atoms with Crippen molar-refractivity contribution in [2.24, 2.45) is 0 Å². The fourth-order valence-electron chi connectivity index (χ4n) is 3.20. The third-order valence-corrected chi connectivity index (χ3v) is 4.58. The second-order valence-electron chi connectivity index (χ2n) is 6.43. The predicted octanol–water partition coefficient (Wildman–Crippen LogP) is 2.45. The highest BCUT2D eigenvalue weighted by Gasteiger charge is 2.29. The first-order valence-corrected chi connectivity index (χ1v) is 8.61. The lowest BCUT2D eigenvalue weighted by atomic mass is 9.94. The van der Waals surface area contributed by atoms with E-state index in [1.807, 2.05) is 61.5 Å². The SMILES string of the molecule is C[C@@H](NC(=O)N[C@H](CO)Cc1ccccc1)[C@@H]1COc2ccccc21. The predicted molar refractivity (Wildman–Crippen MR) is 96.8 cm³/mol. The number of aliphatic hydroxyl groups is 1. The van der Waals surface area contributed by atoms with E-state index in [4.69, 9.17) is 4.74 Å². The molecule has 3 N–H and O–H groups in total. The molecule has 0 saturated heterocycles. The van der Waals surface area contributed by atoms with Gasteiger partial charge in [-0.25, -0.2) is 4.79 Å². The summed E-state index contributed by atoms with van der Waals surface area (Å²) in [5, 5.41) is 15.4. The average molecular weight is 340 g/mol. The molecule has 0 spiro atoms. The van der Waals surface area contributed by atoms with Gasteiger partial charge in [0, 0.05) is 17.5 Å². The van der Waals surface area contributed by atoms with Crippen LogP contribution in [0.4, 0.5) is 4.79 Å². The fraction of sp³-hybridized carbons (Fsp3) is 0.350. The van der Waals surface area contributed by atoms with Crippen LogP contribution in [-0.4, -0.2) is 36.4 Å². The molecule has 25 heavy (non-hydrogen) atoms. The van der Waals surface area contributed by atoms with Crippen LogP contribution in [0.15, 0.2) is 54.6 Å². The van der Waals surface area contributed by atoms with Crippen molar-refractivity contribution in [2.75, 3.05) is 13.2 Å². The minimum absolute atomic E-state index is 0.0697. The van der Waals surface area contributed by atoms with Crippen molar-refractivity contribution >= 4 is 6.03 Å². The van der Waals surface area contributed by atoms with Crippen LogP contribution >= 0.6 is 0 Å². The fourth-order valence-corrected chi connectivity index (χ4v) is 3.20. The zero-order valence-electron chi connectivity index (χ0n) is 14.3. The molecule has 2 aromatic carbocycles. The topological polar surface area (TPSA) is 70.6 Å². The Morgan fingerprint density at radius 1 is 1.16 bits per heavy atom. The number of aliphatic hydroxyl groups excluding tert-OH is 1. The zero-order valence-corrected chi connectivity index (χ0v) is 14.3. The average Bonchev–Trinajstić information content (AvgIpc) is 3.06. The van der Waals surface area contributed by atoms with Crippen molar-refractivity contribution in [1.29, 1.82) is 0 Å². The highest BCUT2D eigenvalue weighted by atomic mass is 16.5. The van der Waals surface area contributed by atoms with E-state index < -0.39 is 0 Å². The first-order chi connectivity index (χ1) is 12.2. The second kappa shape index (κ2) is 8.03. The molecule has 1 heterocycles. The van der Waals surface area contributed by atoms with Crippen molar-refractivity contribution in [2.45, 2.75) is 31.3 Å². The lowest BCUT2D eigenvalue weighted by Crippen LogP contribution is -2.49. The molecule has 1 aliphatic rings. The van der Waals surface area contributed by atoms with Gasteiger partial charge in [0.1, 0.15) is 5.75 Å². The van der Waals surface area contributed by atoms with Crippen LogP contribution in [0.2, 0.25) is 0 Å². The number of carbonyl (C=O) groups is 1. The molecule has 1 aliphatic heterocycles. The molecule has 0 saturated carbocycles. The number of para-hydroxylation sites is 1. The zero-order chi connectivity index (χ0) is 17.6. The summed E-state index contributed by atoms with van der Waals surface area (Å²) in [6, 6.07) is 17.1. The number of benzene rings is 2. The Kier molecular flexibility index (Phi) is 5.56. The van der Waals surface area contributed by atoms with Crippen molar-refractivity contribution in [3.63, 3.8) is 0 Å². The van der Waals surface area contributed by atoms with Gasteiger partial charge in [-0.05, 0) is 25.0 Å². The number of urea groups is 1. The summed E-state index contributed by atoms with van der Waals surface area (Å²) in [5.74, 6) is 1.02. The molecule has 0 unspecified atom stereocenters. The van der Waals surface area contributed by atoms with E-state index in [-0.39, 0.29) is 30.6 Å². The van der Waals surface area contributed by atoms with Gasteiger partial charge in [0.15, 0.2) is 0 Å². The van der Waals surface area contributed by atoms with Crippen LogP contribution in [0.3, 0.4) is 0 Å². The molecule has 3 atom stereocenters. The Labute approximate surface area is 148 Å². The number of carbonyl (C=O) groups excluding carboxylic acids is 1. The van der Waals surface area contributed by atoms with Gasteiger partial charge in [-0.15, -0.1) is 0 Å².